The number of halogens is 2. The van der Waals surface area contributed by atoms with E-state index in [1.807, 2.05) is 13.8 Å². The third-order valence-electron chi connectivity index (χ3n) is 2.92. The van der Waals surface area contributed by atoms with Crippen molar-refractivity contribution >= 4 is 29.1 Å². The topological polar surface area (TPSA) is 62.2 Å². The van der Waals surface area contributed by atoms with E-state index in [-0.39, 0.29) is 22.7 Å². The number of rotatable bonds is 5. The molecule has 18 heavy (non-hydrogen) atoms. The molecule has 100 valence electrons. The molecule has 0 bridgehead atoms. The second kappa shape index (κ2) is 6.36. The number of amides is 1. The third-order valence-corrected chi connectivity index (χ3v) is 3.60. The summed E-state index contributed by atoms with van der Waals surface area (Å²) < 4.78 is 0. The van der Waals surface area contributed by atoms with Gasteiger partial charge in [-0.1, -0.05) is 30.1 Å². The zero-order chi connectivity index (χ0) is 13.8. The maximum absolute atomic E-state index is 12.0. The predicted octanol–water partition coefficient (Wildman–Crippen LogP) is 2.67. The van der Waals surface area contributed by atoms with E-state index in [1.165, 1.54) is 12.3 Å². The lowest BCUT2D eigenvalue weighted by Crippen LogP contribution is -2.46. The highest BCUT2D eigenvalue weighted by Crippen LogP contribution is 2.21. The van der Waals surface area contributed by atoms with Gasteiger partial charge >= 0.3 is 0 Å². The van der Waals surface area contributed by atoms with E-state index in [0.29, 0.717) is 18.4 Å². The Hall–Kier alpha value is -0.840. The van der Waals surface area contributed by atoms with E-state index < -0.39 is 5.54 Å². The molecule has 0 aromatic carbocycles. The molecule has 1 atom stereocenters. The van der Waals surface area contributed by atoms with Crippen molar-refractivity contribution in [3.05, 3.63) is 28.0 Å². The van der Waals surface area contributed by atoms with Gasteiger partial charge in [-0.2, -0.15) is 0 Å². The normalized spacial score (nSPS) is 14.1. The van der Waals surface area contributed by atoms with E-state index in [0.717, 1.165) is 0 Å². The van der Waals surface area contributed by atoms with Gasteiger partial charge in [0.1, 0.15) is 5.15 Å². The number of pyridine rings is 1. The molecule has 1 rings (SSSR count). The van der Waals surface area contributed by atoms with Crippen molar-refractivity contribution in [2.75, 3.05) is 6.61 Å². The summed E-state index contributed by atoms with van der Waals surface area (Å²) in [4.78, 5) is 15.8. The van der Waals surface area contributed by atoms with Crippen molar-refractivity contribution in [3.8, 4) is 0 Å². The first-order valence-electron chi connectivity index (χ1n) is 5.66. The minimum absolute atomic E-state index is 0.0181. The first-order valence-corrected chi connectivity index (χ1v) is 6.42. The molecule has 0 saturated heterocycles. The zero-order valence-electron chi connectivity index (χ0n) is 10.3. The monoisotopic (exact) mass is 290 g/mol. The highest BCUT2D eigenvalue weighted by molar-refractivity contribution is 6.41. The van der Waals surface area contributed by atoms with Gasteiger partial charge in [0.2, 0.25) is 0 Å². The molecule has 0 radical (unpaired) electrons. The number of aliphatic hydroxyl groups excluding tert-OH is 1. The van der Waals surface area contributed by atoms with E-state index in [2.05, 4.69) is 10.3 Å². The largest absolute Gasteiger partial charge is 0.396 e. The summed E-state index contributed by atoms with van der Waals surface area (Å²) in [6, 6.07) is 1.47. The number of carbonyl (C=O) groups is 1. The fourth-order valence-electron chi connectivity index (χ4n) is 1.47. The average Bonchev–Trinajstić information content (AvgIpc) is 2.32. The Morgan fingerprint density at radius 1 is 1.56 bits per heavy atom. The number of nitrogens with zero attached hydrogens (tertiary/aromatic N) is 1. The van der Waals surface area contributed by atoms with Crippen LogP contribution in [-0.4, -0.2) is 28.1 Å². The van der Waals surface area contributed by atoms with E-state index >= 15 is 0 Å². The standard InChI is InChI=1S/C12H16Cl2N2O2/c1-3-12(2,4-5-17)16-11(18)8-6-9(13)10(14)15-7-8/h6-7,17H,3-5H2,1-2H3,(H,16,18). The molecule has 0 aliphatic rings. The molecular formula is C12H16Cl2N2O2. The van der Waals surface area contributed by atoms with Gasteiger partial charge in [-0.25, -0.2) is 4.98 Å². The third kappa shape index (κ3) is 3.83. The molecule has 0 fully saturated rings. The van der Waals surface area contributed by atoms with E-state index in [9.17, 15) is 4.79 Å². The second-order valence-corrected chi connectivity index (χ2v) is 5.10. The Labute approximate surface area is 116 Å². The lowest BCUT2D eigenvalue weighted by molar-refractivity contribution is 0.0886. The van der Waals surface area contributed by atoms with Gasteiger partial charge in [0.05, 0.1) is 10.6 Å². The van der Waals surface area contributed by atoms with Crippen LogP contribution in [0.25, 0.3) is 0 Å². The van der Waals surface area contributed by atoms with Gasteiger partial charge in [-0.3, -0.25) is 4.79 Å². The lowest BCUT2D eigenvalue weighted by Gasteiger charge is -2.29. The number of nitrogens with one attached hydrogen (secondary N) is 1. The van der Waals surface area contributed by atoms with Crippen molar-refractivity contribution in [1.82, 2.24) is 10.3 Å². The molecule has 1 unspecified atom stereocenters. The van der Waals surface area contributed by atoms with Gasteiger partial charge in [-0.05, 0) is 25.8 Å². The number of carbonyl (C=O) groups excluding carboxylic acids is 1. The van der Waals surface area contributed by atoms with Crippen LogP contribution in [0.4, 0.5) is 0 Å². The molecule has 4 nitrogen and oxygen atoms in total. The first kappa shape index (κ1) is 15.2. The average molecular weight is 291 g/mol. The van der Waals surface area contributed by atoms with E-state index in [1.54, 1.807) is 0 Å². The molecule has 1 aromatic heterocycles. The van der Waals surface area contributed by atoms with Crippen LogP contribution in [0.3, 0.4) is 0 Å². The molecule has 6 heteroatoms. The van der Waals surface area contributed by atoms with Crippen LogP contribution in [0.1, 0.15) is 37.0 Å². The van der Waals surface area contributed by atoms with Crippen LogP contribution in [-0.2, 0) is 0 Å². The Bertz CT molecular complexity index is 440. The quantitative estimate of drug-likeness (QED) is 0.820. The van der Waals surface area contributed by atoms with Gasteiger partial charge in [0.15, 0.2) is 0 Å². The minimum atomic E-state index is -0.446. The summed E-state index contributed by atoms with van der Waals surface area (Å²) in [5, 5.41) is 12.3. The minimum Gasteiger partial charge on any atom is -0.396 e. The lowest BCUT2D eigenvalue weighted by atomic mass is 9.94. The second-order valence-electron chi connectivity index (χ2n) is 4.34. The van der Waals surface area contributed by atoms with Crippen molar-refractivity contribution < 1.29 is 9.90 Å². The zero-order valence-corrected chi connectivity index (χ0v) is 11.8. The molecule has 1 heterocycles. The molecule has 0 saturated carbocycles. The molecule has 0 aliphatic carbocycles. The van der Waals surface area contributed by atoms with Crippen LogP contribution in [0.5, 0.6) is 0 Å². The van der Waals surface area contributed by atoms with E-state index in [4.69, 9.17) is 28.3 Å². The molecule has 0 aliphatic heterocycles. The highest BCUT2D eigenvalue weighted by Gasteiger charge is 2.24. The number of hydrogen-bond donors (Lipinski definition) is 2. The first-order chi connectivity index (χ1) is 8.41. The van der Waals surface area contributed by atoms with Crippen LogP contribution in [0.2, 0.25) is 10.2 Å². The summed E-state index contributed by atoms with van der Waals surface area (Å²) in [6.07, 6.45) is 2.58. The van der Waals surface area contributed by atoms with Crippen molar-refractivity contribution in [2.45, 2.75) is 32.2 Å². The SMILES string of the molecule is CCC(C)(CCO)NC(=O)c1cnc(Cl)c(Cl)c1. The van der Waals surface area contributed by atoms with Crippen LogP contribution >= 0.6 is 23.2 Å². The summed E-state index contributed by atoms with van der Waals surface area (Å²) in [6.45, 7) is 3.85. The smallest absolute Gasteiger partial charge is 0.253 e. The Balaban J connectivity index is 2.84. The van der Waals surface area contributed by atoms with Gasteiger partial charge in [0.25, 0.3) is 5.91 Å². The maximum atomic E-state index is 12.0. The Morgan fingerprint density at radius 3 is 2.72 bits per heavy atom. The molecule has 1 amide bonds. The molecule has 1 aromatic rings. The predicted molar refractivity (Wildman–Crippen MR) is 72.1 cm³/mol. The summed E-state index contributed by atoms with van der Waals surface area (Å²) in [7, 11) is 0. The van der Waals surface area contributed by atoms with Gasteiger partial charge in [0, 0.05) is 18.3 Å². The highest BCUT2D eigenvalue weighted by atomic mass is 35.5. The molecular weight excluding hydrogens is 275 g/mol. The fraction of sp³-hybridized carbons (Fsp3) is 0.500. The summed E-state index contributed by atoms with van der Waals surface area (Å²) in [5.74, 6) is -0.279. The van der Waals surface area contributed by atoms with Gasteiger partial charge in [-0.15, -0.1) is 0 Å². The van der Waals surface area contributed by atoms with Crippen LogP contribution < -0.4 is 5.32 Å². The molecule has 2 N–H and O–H groups in total. The fourth-order valence-corrected chi connectivity index (χ4v) is 1.74. The summed E-state index contributed by atoms with van der Waals surface area (Å²) in [5.41, 5.74) is -0.0974. The molecule has 0 spiro atoms. The number of aliphatic hydroxyl groups is 1. The van der Waals surface area contributed by atoms with Crippen molar-refractivity contribution in [2.24, 2.45) is 0 Å². The Morgan fingerprint density at radius 2 is 2.22 bits per heavy atom. The van der Waals surface area contributed by atoms with Crippen LogP contribution in [0, 0.1) is 0 Å². The van der Waals surface area contributed by atoms with Crippen LogP contribution in [0.15, 0.2) is 12.3 Å². The summed E-state index contributed by atoms with van der Waals surface area (Å²) >= 11 is 11.5. The number of hydrogen-bond acceptors (Lipinski definition) is 3. The number of aromatic nitrogens is 1. The van der Waals surface area contributed by atoms with Crippen molar-refractivity contribution in [3.63, 3.8) is 0 Å². The van der Waals surface area contributed by atoms with Crippen molar-refractivity contribution in [1.29, 1.82) is 0 Å². The Kier molecular flexibility index (Phi) is 5.38. The van der Waals surface area contributed by atoms with Gasteiger partial charge < -0.3 is 10.4 Å². The maximum Gasteiger partial charge on any atom is 0.253 e.